The molecule has 6 nitrogen and oxygen atoms in total. The first kappa shape index (κ1) is 14.2. The third kappa shape index (κ3) is 3.23. The standard InChI is InChI=1S/C10H13FN2O4S2/c11-7-1-2-9(12)10(5-7)19(16,17)13-8-3-4-18(14,15)6-8/h1-2,5,8,13H,3-4,6,12H2. The zero-order chi connectivity index (χ0) is 14.3. The van der Waals surface area contributed by atoms with E-state index in [1.807, 2.05) is 0 Å². The third-order valence-corrected chi connectivity index (χ3v) is 6.16. The zero-order valence-corrected chi connectivity index (χ0v) is 11.5. The van der Waals surface area contributed by atoms with E-state index in [0.29, 0.717) is 0 Å². The largest absolute Gasteiger partial charge is 0.398 e. The van der Waals surface area contributed by atoms with Gasteiger partial charge < -0.3 is 5.73 Å². The van der Waals surface area contributed by atoms with Crippen molar-refractivity contribution >= 4 is 25.5 Å². The Morgan fingerprint density at radius 1 is 1.37 bits per heavy atom. The van der Waals surface area contributed by atoms with E-state index in [4.69, 9.17) is 5.73 Å². The van der Waals surface area contributed by atoms with Gasteiger partial charge in [0.25, 0.3) is 0 Å². The number of hydrogen-bond acceptors (Lipinski definition) is 5. The number of anilines is 1. The summed E-state index contributed by atoms with van der Waals surface area (Å²) >= 11 is 0. The average molecular weight is 308 g/mol. The van der Waals surface area contributed by atoms with Crippen molar-refractivity contribution in [2.24, 2.45) is 0 Å². The van der Waals surface area contributed by atoms with Crippen molar-refractivity contribution in [3.63, 3.8) is 0 Å². The molecule has 1 aliphatic rings. The number of hydrogen-bond donors (Lipinski definition) is 2. The van der Waals surface area contributed by atoms with Gasteiger partial charge in [-0.05, 0) is 24.6 Å². The van der Waals surface area contributed by atoms with Crippen LogP contribution in [0.15, 0.2) is 23.1 Å². The Morgan fingerprint density at radius 3 is 2.63 bits per heavy atom. The molecule has 0 radical (unpaired) electrons. The van der Waals surface area contributed by atoms with Crippen molar-refractivity contribution in [1.82, 2.24) is 4.72 Å². The van der Waals surface area contributed by atoms with Gasteiger partial charge in [0.05, 0.1) is 17.2 Å². The normalized spacial score (nSPS) is 22.5. The Bertz CT molecular complexity index is 700. The van der Waals surface area contributed by atoms with Crippen LogP contribution in [0.2, 0.25) is 0 Å². The predicted molar refractivity (Wildman–Crippen MR) is 68.2 cm³/mol. The highest BCUT2D eigenvalue weighted by Gasteiger charge is 2.32. The van der Waals surface area contributed by atoms with Gasteiger partial charge in [-0.15, -0.1) is 0 Å². The molecule has 1 aliphatic heterocycles. The van der Waals surface area contributed by atoms with Crippen LogP contribution < -0.4 is 10.5 Å². The Kier molecular flexibility index (Phi) is 3.54. The van der Waals surface area contributed by atoms with Crippen molar-refractivity contribution in [3.8, 4) is 0 Å². The fourth-order valence-corrected chi connectivity index (χ4v) is 5.10. The van der Waals surface area contributed by atoms with E-state index < -0.39 is 31.7 Å². The molecular weight excluding hydrogens is 295 g/mol. The fraction of sp³-hybridized carbons (Fsp3) is 0.400. The molecule has 1 heterocycles. The lowest BCUT2D eigenvalue weighted by molar-refractivity contribution is 0.560. The molecule has 0 spiro atoms. The van der Waals surface area contributed by atoms with Gasteiger partial charge in [-0.25, -0.2) is 25.9 Å². The molecule has 1 unspecified atom stereocenters. The van der Waals surface area contributed by atoms with Gasteiger partial charge in [-0.3, -0.25) is 0 Å². The monoisotopic (exact) mass is 308 g/mol. The number of nitrogens with two attached hydrogens (primary N) is 1. The molecule has 0 aromatic heterocycles. The van der Waals surface area contributed by atoms with Crippen molar-refractivity contribution < 1.29 is 21.2 Å². The molecule has 106 valence electrons. The second-order valence-electron chi connectivity index (χ2n) is 4.40. The summed E-state index contributed by atoms with van der Waals surface area (Å²) in [7, 11) is -7.23. The van der Waals surface area contributed by atoms with E-state index in [0.717, 1.165) is 18.2 Å². The highest BCUT2D eigenvalue weighted by atomic mass is 32.2. The minimum atomic E-state index is -4.03. The molecule has 19 heavy (non-hydrogen) atoms. The lowest BCUT2D eigenvalue weighted by atomic mass is 10.3. The highest BCUT2D eigenvalue weighted by molar-refractivity contribution is 7.92. The smallest absolute Gasteiger partial charge is 0.243 e. The first-order valence-corrected chi connectivity index (χ1v) is 8.78. The Labute approximate surface area is 110 Å². The molecular formula is C10H13FN2O4S2. The third-order valence-electron chi connectivity index (χ3n) is 2.82. The van der Waals surface area contributed by atoms with Crippen LogP contribution in [-0.2, 0) is 19.9 Å². The summed E-state index contributed by atoms with van der Waals surface area (Å²) in [6, 6.07) is 2.31. The molecule has 1 atom stereocenters. The minimum Gasteiger partial charge on any atom is -0.398 e. The van der Waals surface area contributed by atoms with Gasteiger partial charge in [0, 0.05) is 6.04 Å². The molecule has 9 heteroatoms. The topological polar surface area (TPSA) is 106 Å². The SMILES string of the molecule is Nc1ccc(F)cc1S(=O)(=O)NC1CCS(=O)(=O)C1. The molecule has 0 bridgehead atoms. The van der Waals surface area contributed by atoms with Crippen molar-refractivity contribution in [2.45, 2.75) is 17.4 Å². The van der Waals surface area contributed by atoms with E-state index in [-0.39, 0.29) is 28.5 Å². The second-order valence-corrected chi connectivity index (χ2v) is 8.31. The number of benzene rings is 1. The lowest BCUT2D eigenvalue weighted by Crippen LogP contribution is -2.36. The molecule has 0 saturated carbocycles. The van der Waals surface area contributed by atoms with Gasteiger partial charge in [-0.2, -0.15) is 0 Å². The molecule has 1 fully saturated rings. The van der Waals surface area contributed by atoms with E-state index >= 15 is 0 Å². The number of nitrogen functional groups attached to an aromatic ring is 1. The maximum Gasteiger partial charge on any atom is 0.243 e. The number of halogens is 1. The first-order valence-electron chi connectivity index (χ1n) is 5.47. The van der Waals surface area contributed by atoms with Gasteiger partial charge in [0.1, 0.15) is 10.7 Å². The van der Waals surface area contributed by atoms with E-state index in [9.17, 15) is 21.2 Å². The Hall–Kier alpha value is -1.19. The summed E-state index contributed by atoms with van der Waals surface area (Å²) in [5, 5.41) is 0. The number of rotatable bonds is 3. The fourth-order valence-electron chi connectivity index (χ4n) is 1.91. The summed E-state index contributed by atoms with van der Waals surface area (Å²) < 4.78 is 61.9. The second kappa shape index (κ2) is 4.73. The zero-order valence-electron chi connectivity index (χ0n) is 9.84. The molecule has 1 aromatic rings. The van der Waals surface area contributed by atoms with Crippen molar-refractivity contribution in [2.75, 3.05) is 17.2 Å². The van der Waals surface area contributed by atoms with Crippen LogP contribution >= 0.6 is 0 Å². The maximum absolute atomic E-state index is 13.1. The Balaban J connectivity index is 2.26. The highest BCUT2D eigenvalue weighted by Crippen LogP contribution is 2.21. The van der Waals surface area contributed by atoms with E-state index in [2.05, 4.69) is 4.72 Å². The van der Waals surface area contributed by atoms with Crippen molar-refractivity contribution in [3.05, 3.63) is 24.0 Å². The first-order chi connectivity index (χ1) is 8.70. The van der Waals surface area contributed by atoms with Crippen LogP contribution in [0.3, 0.4) is 0 Å². The van der Waals surface area contributed by atoms with Gasteiger partial charge in [0.15, 0.2) is 9.84 Å². The van der Waals surface area contributed by atoms with Gasteiger partial charge in [-0.1, -0.05) is 0 Å². The molecule has 0 amide bonds. The summed E-state index contributed by atoms with van der Waals surface area (Å²) in [5.41, 5.74) is 5.41. The number of nitrogens with one attached hydrogen (secondary N) is 1. The van der Waals surface area contributed by atoms with Crippen LogP contribution in [0.5, 0.6) is 0 Å². The molecule has 2 rings (SSSR count). The molecule has 1 saturated heterocycles. The van der Waals surface area contributed by atoms with Gasteiger partial charge in [0.2, 0.25) is 10.0 Å². The van der Waals surface area contributed by atoms with E-state index in [1.54, 1.807) is 0 Å². The lowest BCUT2D eigenvalue weighted by Gasteiger charge is -2.13. The summed E-state index contributed by atoms with van der Waals surface area (Å²) in [4.78, 5) is -0.378. The maximum atomic E-state index is 13.1. The van der Waals surface area contributed by atoms with Crippen LogP contribution in [0, 0.1) is 5.82 Å². The molecule has 1 aromatic carbocycles. The van der Waals surface area contributed by atoms with Crippen LogP contribution in [0.4, 0.5) is 10.1 Å². The van der Waals surface area contributed by atoms with Crippen LogP contribution in [0.25, 0.3) is 0 Å². The molecule has 3 N–H and O–H groups in total. The van der Waals surface area contributed by atoms with Crippen LogP contribution in [0.1, 0.15) is 6.42 Å². The summed E-state index contributed by atoms with van der Waals surface area (Å²) in [5.74, 6) is -1.03. The number of sulfonamides is 1. The quantitative estimate of drug-likeness (QED) is 0.757. The van der Waals surface area contributed by atoms with Crippen molar-refractivity contribution in [1.29, 1.82) is 0 Å². The predicted octanol–water partition coefficient (Wildman–Crippen LogP) is -0.127. The van der Waals surface area contributed by atoms with E-state index in [1.165, 1.54) is 0 Å². The Morgan fingerprint density at radius 2 is 2.05 bits per heavy atom. The summed E-state index contributed by atoms with van der Waals surface area (Å²) in [6.45, 7) is 0. The number of sulfone groups is 1. The minimum absolute atomic E-state index is 0.0567. The van der Waals surface area contributed by atoms with Gasteiger partial charge >= 0.3 is 0 Å². The molecule has 0 aliphatic carbocycles. The van der Waals surface area contributed by atoms with Crippen LogP contribution in [-0.4, -0.2) is 34.4 Å². The average Bonchev–Trinajstić information content (AvgIpc) is 2.60. The summed E-state index contributed by atoms with van der Waals surface area (Å²) in [6.07, 6.45) is 0.205.